The maximum absolute atomic E-state index is 10.3. The minimum atomic E-state index is -0.445. The zero-order valence-electron chi connectivity index (χ0n) is 12.2. The van der Waals surface area contributed by atoms with Gasteiger partial charge in [0.1, 0.15) is 17.6 Å². The summed E-state index contributed by atoms with van der Waals surface area (Å²) in [6, 6.07) is 16.0. The predicted molar refractivity (Wildman–Crippen MR) is 81.9 cm³/mol. The molecule has 1 aliphatic rings. The van der Waals surface area contributed by atoms with Gasteiger partial charge < -0.3 is 14.6 Å². The van der Waals surface area contributed by atoms with Crippen molar-refractivity contribution in [3.8, 4) is 11.5 Å². The number of para-hydroxylation sites is 1. The van der Waals surface area contributed by atoms with Gasteiger partial charge in [0.25, 0.3) is 0 Å². The van der Waals surface area contributed by atoms with E-state index in [9.17, 15) is 5.11 Å². The molecule has 1 heterocycles. The zero-order chi connectivity index (χ0) is 14.7. The lowest BCUT2D eigenvalue weighted by Gasteiger charge is -2.18. The van der Waals surface area contributed by atoms with Gasteiger partial charge in [-0.2, -0.15) is 0 Å². The highest BCUT2D eigenvalue weighted by atomic mass is 16.5. The molecule has 0 aromatic heterocycles. The van der Waals surface area contributed by atoms with E-state index in [0.29, 0.717) is 6.42 Å². The van der Waals surface area contributed by atoms with Crippen LogP contribution in [0.5, 0.6) is 11.5 Å². The molecule has 0 amide bonds. The van der Waals surface area contributed by atoms with E-state index in [1.807, 2.05) is 42.5 Å². The van der Waals surface area contributed by atoms with E-state index in [1.54, 1.807) is 7.11 Å². The normalized spacial score (nSPS) is 17.9. The molecule has 0 saturated carbocycles. The van der Waals surface area contributed by atoms with Gasteiger partial charge in [0.05, 0.1) is 13.2 Å². The van der Waals surface area contributed by atoms with E-state index in [-0.39, 0.29) is 6.10 Å². The van der Waals surface area contributed by atoms with Crippen molar-refractivity contribution in [1.29, 1.82) is 0 Å². The van der Waals surface area contributed by atoms with Gasteiger partial charge in [-0.05, 0) is 42.2 Å². The fourth-order valence-electron chi connectivity index (χ4n) is 2.72. The Hall–Kier alpha value is -2.00. The molecule has 0 saturated heterocycles. The second kappa shape index (κ2) is 6.19. The van der Waals surface area contributed by atoms with Gasteiger partial charge >= 0.3 is 0 Å². The van der Waals surface area contributed by atoms with Gasteiger partial charge in [0, 0.05) is 6.42 Å². The first kappa shape index (κ1) is 14.0. The van der Waals surface area contributed by atoms with Crippen LogP contribution in [0.1, 0.15) is 17.5 Å². The number of aryl methyl sites for hydroxylation is 1. The van der Waals surface area contributed by atoms with E-state index < -0.39 is 6.10 Å². The van der Waals surface area contributed by atoms with Crippen LogP contribution in [0, 0.1) is 0 Å². The van der Waals surface area contributed by atoms with Gasteiger partial charge in [-0.1, -0.05) is 30.3 Å². The molecule has 3 nitrogen and oxygen atoms in total. The molecule has 2 atom stereocenters. The number of ether oxygens (including phenoxy) is 2. The van der Waals surface area contributed by atoms with E-state index in [0.717, 1.165) is 24.3 Å². The molecule has 0 spiro atoms. The highest BCUT2D eigenvalue weighted by Gasteiger charge is 2.28. The summed E-state index contributed by atoms with van der Waals surface area (Å²) >= 11 is 0. The van der Waals surface area contributed by atoms with Crippen LogP contribution in [0.2, 0.25) is 0 Å². The third kappa shape index (κ3) is 3.19. The summed E-state index contributed by atoms with van der Waals surface area (Å²) in [7, 11) is 1.66. The summed E-state index contributed by atoms with van der Waals surface area (Å²) in [5.41, 5.74) is 2.39. The lowest BCUT2D eigenvalue weighted by Crippen LogP contribution is -2.30. The number of rotatable bonds is 5. The van der Waals surface area contributed by atoms with E-state index >= 15 is 0 Å². The Morgan fingerprint density at radius 1 is 1.19 bits per heavy atom. The van der Waals surface area contributed by atoms with Crippen molar-refractivity contribution in [3.05, 3.63) is 59.7 Å². The molecule has 2 unspecified atom stereocenters. The number of hydrogen-bond acceptors (Lipinski definition) is 3. The lowest BCUT2D eigenvalue weighted by atomic mass is 10.0. The summed E-state index contributed by atoms with van der Waals surface area (Å²) in [4.78, 5) is 0. The third-order valence-electron chi connectivity index (χ3n) is 3.99. The Bertz CT molecular complexity index is 567. The molecule has 0 aliphatic carbocycles. The van der Waals surface area contributed by atoms with E-state index in [2.05, 4.69) is 6.07 Å². The minimum Gasteiger partial charge on any atom is -0.497 e. The van der Waals surface area contributed by atoms with Crippen LogP contribution in [0.4, 0.5) is 0 Å². The van der Waals surface area contributed by atoms with Crippen molar-refractivity contribution in [2.24, 2.45) is 0 Å². The molecule has 1 aliphatic heterocycles. The molecule has 110 valence electrons. The molecule has 2 aromatic carbocycles. The first-order chi connectivity index (χ1) is 10.3. The van der Waals surface area contributed by atoms with Gasteiger partial charge in [0.2, 0.25) is 0 Å². The van der Waals surface area contributed by atoms with Gasteiger partial charge in [0.15, 0.2) is 0 Å². The number of fused-ring (bicyclic) bond motifs is 1. The van der Waals surface area contributed by atoms with Crippen molar-refractivity contribution in [2.75, 3.05) is 7.11 Å². The number of methoxy groups -OCH3 is 1. The van der Waals surface area contributed by atoms with Gasteiger partial charge in [-0.15, -0.1) is 0 Å². The number of aliphatic hydroxyl groups excluding tert-OH is 1. The Balaban J connectivity index is 1.54. The summed E-state index contributed by atoms with van der Waals surface area (Å²) in [5, 5.41) is 10.3. The average molecular weight is 284 g/mol. The summed E-state index contributed by atoms with van der Waals surface area (Å²) in [5.74, 6) is 1.76. The minimum absolute atomic E-state index is 0.124. The Morgan fingerprint density at radius 3 is 2.67 bits per heavy atom. The Kier molecular flexibility index (Phi) is 4.11. The molecule has 3 rings (SSSR count). The third-order valence-corrected chi connectivity index (χ3v) is 3.99. The second-order valence-electron chi connectivity index (χ2n) is 5.42. The van der Waals surface area contributed by atoms with Crippen molar-refractivity contribution in [2.45, 2.75) is 31.5 Å². The fraction of sp³-hybridized carbons (Fsp3) is 0.333. The lowest BCUT2D eigenvalue weighted by molar-refractivity contribution is 0.0443. The van der Waals surface area contributed by atoms with Gasteiger partial charge in [-0.3, -0.25) is 0 Å². The van der Waals surface area contributed by atoms with Crippen LogP contribution in [-0.2, 0) is 12.8 Å². The highest BCUT2D eigenvalue weighted by molar-refractivity contribution is 5.37. The highest BCUT2D eigenvalue weighted by Crippen LogP contribution is 2.30. The number of hydrogen-bond donors (Lipinski definition) is 1. The molecule has 1 N–H and O–H groups in total. The largest absolute Gasteiger partial charge is 0.497 e. The van der Waals surface area contributed by atoms with Crippen LogP contribution < -0.4 is 9.47 Å². The van der Waals surface area contributed by atoms with Crippen LogP contribution >= 0.6 is 0 Å². The van der Waals surface area contributed by atoms with Crippen molar-refractivity contribution < 1.29 is 14.6 Å². The standard InChI is InChI=1S/C18H20O3/c1-20-15-9-6-13(7-10-15)8-11-16(19)18-12-14-4-2-3-5-17(14)21-18/h2-7,9-10,16,18-19H,8,11-12H2,1H3. The topological polar surface area (TPSA) is 38.7 Å². The summed E-state index contributed by atoms with van der Waals surface area (Å²) in [6.45, 7) is 0. The average Bonchev–Trinajstić information content (AvgIpc) is 2.97. The Labute approximate surface area is 125 Å². The first-order valence-electron chi connectivity index (χ1n) is 7.32. The molecular weight excluding hydrogens is 264 g/mol. The Morgan fingerprint density at radius 2 is 1.95 bits per heavy atom. The first-order valence-corrected chi connectivity index (χ1v) is 7.32. The molecule has 2 aromatic rings. The molecular formula is C18H20O3. The fourth-order valence-corrected chi connectivity index (χ4v) is 2.72. The molecule has 3 heteroatoms. The number of benzene rings is 2. The monoisotopic (exact) mass is 284 g/mol. The van der Waals surface area contributed by atoms with E-state index in [1.165, 1.54) is 11.1 Å². The maximum atomic E-state index is 10.3. The zero-order valence-corrected chi connectivity index (χ0v) is 12.2. The van der Waals surface area contributed by atoms with Crippen LogP contribution in [0.3, 0.4) is 0 Å². The molecule has 21 heavy (non-hydrogen) atoms. The maximum Gasteiger partial charge on any atom is 0.129 e. The molecule has 0 fully saturated rings. The van der Waals surface area contributed by atoms with Crippen LogP contribution in [0.15, 0.2) is 48.5 Å². The number of aliphatic hydroxyl groups is 1. The predicted octanol–water partition coefficient (Wildman–Crippen LogP) is 2.99. The van der Waals surface area contributed by atoms with Crippen LogP contribution in [-0.4, -0.2) is 24.4 Å². The molecule has 0 radical (unpaired) electrons. The van der Waals surface area contributed by atoms with Crippen LogP contribution in [0.25, 0.3) is 0 Å². The smallest absolute Gasteiger partial charge is 0.129 e. The quantitative estimate of drug-likeness (QED) is 0.917. The second-order valence-corrected chi connectivity index (χ2v) is 5.42. The SMILES string of the molecule is COc1ccc(CCC(O)C2Cc3ccccc3O2)cc1. The van der Waals surface area contributed by atoms with E-state index in [4.69, 9.17) is 9.47 Å². The van der Waals surface area contributed by atoms with Crippen molar-refractivity contribution in [1.82, 2.24) is 0 Å². The van der Waals surface area contributed by atoms with Crippen molar-refractivity contribution in [3.63, 3.8) is 0 Å². The molecule has 0 bridgehead atoms. The summed E-state index contributed by atoms with van der Waals surface area (Å²) in [6.07, 6.45) is 1.76. The van der Waals surface area contributed by atoms with Crippen molar-refractivity contribution >= 4 is 0 Å². The van der Waals surface area contributed by atoms with Gasteiger partial charge in [-0.25, -0.2) is 0 Å². The summed E-state index contributed by atoms with van der Waals surface area (Å²) < 4.78 is 11.0.